The maximum atomic E-state index is 13.2. The van der Waals surface area contributed by atoms with Crippen LogP contribution in [0.3, 0.4) is 0 Å². The van der Waals surface area contributed by atoms with Gasteiger partial charge in [-0.2, -0.15) is 8.42 Å². The predicted molar refractivity (Wildman–Crippen MR) is 92.2 cm³/mol. The van der Waals surface area contributed by atoms with Gasteiger partial charge in [0, 0.05) is 38.4 Å². The highest BCUT2D eigenvalue weighted by molar-refractivity contribution is 7.86. The second-order valence-corrected chi connectivity index (χ2v) is 8.44. The fourth-order valence-corrected chi connectivity index (χ4v) is 3.16. The summed E-state index contributed by atoms with van der Waals surface area (Å²) in [6, 6.07) is 4.00. The third kappa shape index (κ3) is 5.86. The minimum absolute atomic E-state index is 0.195. The van der Waals surface area contributed by atoms with Crippen molar-refractivity contribution >= 4 is 22.0 Å². The topological polar surface area (TPSA) is 92.9 Å². The smallest absolute Gasteiger partial charge is 0.410 e. The van der Waals surface area contributed by atoms with Crippen molar-refractivity contribution in [3.05, 3.63) is 23.8 Å². The number of piperazine rings is 1. The van der Waals surface area contributed by atoms with Crippen molar-refractivity contribution in [1.29, 1.82) is 0 Å². The van der Waals surface area contributed by atoms with Crippen LogP contribution in [0.1, 0.15) is 26.3 Å². The number of nitrogen functional groups attached to an aromatic ring is 1. The molecule has 1 aromatic carbocycles. The van der Waals surface area contributed by atoms with Crippen LogP contribution in [0.2, 0.25) is 0 Å². The summed E-state index contributed by atoms with van der Waals surface area (Å²) in [5.41, 5.74) is 5.93. The monoisotopic (exact) mass is 373 g/mol. The molecule has 1 aromatic rings. The van der Waals surface area contributed by atoms with Crippen LogP contribution in [-0.2, 0) is 21.5 Å². The third-order valence-corrected chi connectivity index (χ3v) is 4.50. The maximum absolute atomic E-state index is 13.2. The number of nitrogens with zero attached hydrogens (tertiary/aromatic N) is 2. The predicted octanol–water partition coefficient (Wildman–Crippen LogP) is 1.98. The zero-order valence-electron chi connectivity index (χ0n) is 14.7. The molecule has 1 fully saturated rings. The van der Waals surface area contributed by atoms with Gasteiger partial charge in [-0.1, -0.05) is 0 Å². The van der Waals surface area contributed by atoms with Crippen molar-refractivity contribution in [3.63, 3.8) is 0 Å². The number of hydrogen-bond donors (Lipinski definition) is 1. The quantitative estimate of drug-likeness (QED) is 0.643. The van der Waals surface area contributed by atoms with Gasteiger partial charge in [-0.25, -0.2) is 4.79 Å². The molecule has 0 radical (unpaired) electrons. The van der Waals surface area contributed by atoms with Gasteiger partial charge in [0.15, 0.2) is 0 Å². The lowest BCUT2D eigenvalue weighted by Crippen LogP contribution is -2.49. The Morgan fingerprint density at radius 3 is 2.32 bits per heavy atom. The average Bonchev–Trinajstić information content (AvgIpc) is 2.44. The maximum Gasteiger partial charge on any atom is 0.410 e. The molecule has 0 atom stereocenters. The minimum atomic E-state index is -4.79. The van der Waals surface area contributed by atoms with E-state index in [1.54, 1.807) is 11.0 Å². The lowest BCUT2D eigenvalue weighted by atomic mass is 10.1. The molecule has 1 saturated heterocycles. The molecule has 2 N–H and O–H groups in total. The first-order valence-corrected chi connectivity index (χ1v) is 9.37. The molecule has 0 spiro atoms. The van der Waals surface area contributed by atoms with Gasteiger partial charge in [0.25, 0.3) is 0 Å². The van der Waals surface area contributed by atoms with Crippen LogP contribution in [0.15, 0.2) is 23.1 Å². The molecule has 1 aliphatic heterocycles. The molecule has 0 saturated carbocycles. The number of benzene rings is 1. The number of halogens is 1. The van der Waals surface area contributed by atoms with E-state index in [1.807, 2.05) is 25.7 Å². The van der Waals surface area contributed by atoms with Crippen molar-refractivity contribution in [2.24, 2.45) is 0 Å². The molecule has 7 nitrogen and oxygen atoms in total. The number of anilines is 1. The van der Waals surface area contributed by atoms with E-state index in [0.717, 1.165) is 6.07 Å². The number of ether oxygens (including phenoxy) is 1. The van der Waals surface area contributed by atoms with Crippen molar-refractivity contribution in [3.8, 4) is 0 Å². The van der Waals surface area contributed by atoms with Crippen molar-refractivity contribution in [2.75, 3.05) is 31.9 Å². The first-order chi connectivity index (χ1) is 11.4. The van der Waals surface area contributed by atoms with Gasteiger partial charge in [-0.05, 0) is 44.5 Å². The Hall–Kier alpha value is -1.87. The molecular formula is C16H24FN3O4S. The van der Waals surface area contributed by atoms with Crippen LogP contribution in [0.4, 0.5) is 14.4 Å². The summed E-state index contributed by atoms with van der Waals surface area (Å²) in [7, 11) is -4.79. The van der Waals surface area contributed by atoms with E-state index in [4.69, 9.17) is 10.5 Å². The standard InChI is InChI=1S/C16H24FN3O4S/c1-16(2,3)24-15(21)20-6-4-19(5-7-20)11-12-8-13(18)10-14(9-12)25(17,22)23/h8-10H,4-7,11,18H2,1-3H3. The molecule has 1 aliphatic rings. The first-order valence-electron chi connectivity index (χ1n) is 7.98. The van der Waals surface area contributed by atoms with E-state index in [2.05, 4.69) is 0 Å². The highest BCUT2D eigenvalue weighted by Gasteiger charge is 2.26. The number of amides is 1. The van der Waals surface area contributed by atoms with Crippen LogP contribution in [-0.4, -0.2) is 56.1 Å². The summed E-state index contributed by atoms with van der Waals surface area (Å²) in [5, 5.41) is 0. The second-order valence-electron chi connectivity index (χ2n) is 7.09. The van der Waals surface area contributed by atoms with Gasteiger partial charge in [0.05, 0.1) is 0 Å². The van der Waals surface area contributed by atoms with Crippen molar-refractivity contribution in [1.82, 2.24) is 9.80 Å². The molecular weight excluding hydrogens is 349 g/mol. The number of hydrogen-bond acceptors (Lipinski definition) is 6. The summed E-state index contributed by atoms with van der Waals surface area (Å²) >= 11 is 0. The Morgan fingerprint density at radius 2 is 1.80 bits per heavy atom. The Bertz CT molecular complexity index is 738. The fraction of sp³-hybridized carbons (Fsp3) is 0.562. The molecule has 0 aliphatic carbocycles. The SMILES string of the molecule is CC(C)(C)OC(=O)N1CCN(Cc2cc(N)cc(S(=O)(=O)F)c2)CC1. The summed E-state index contributed by atoms with van der Waals surface area (Å²) < 4.78 is 40.7. The molecule has 1 heterocycles. The van der Waals surface area contributed by atoms with Crippen LogP contribution in [0, 0.1) is 0 Å². The lowest BCUT2D eigenvalue weighted by molar-refractivity contribution is 0.0139. The van der Waals surface area contributed by atoms with E-state index in [-0.39, 0.29) is 11.8 Å². The van der Waals surface area contributed by atoms with Gasteiger partial charge >= 0.3 is 16.3 Å². The van der Waals surface area contributed by atoms with Crippen molar-refractivity contribution in [2.45, 2.75) is 37.8 Å². The largest absolute Gasteiger partial charge is 0.444 e. The highest BCUT2D eigenvalue weighted by atomic mass is 32.3. The minimum Gasteiger partial charge on any atom is -0.444 e. The molecule has 0 bridgehead atoms. The highest BCUT2D eigenvalue weighted by Crippen LogP contribution is 2.20. The number of nitrogens with two attached hydrogens (primary N) is 1. The van der Waals surface area contributed by atoms with E-state index < -0.39 is 20.7 Å². The first kappa shape index (κ1) is 19.5. The van der Waals surface area contributed by atoms with E-state index in [1.165, 1.54) is 6.07 Å². The summed E-state index contributed by atoms with van der Waals surface area (Å²) in [4.78, 5) is 15.3. The Labute approximate surface area is 147 Å². The van der Waals surface area contributed by atoms with Gasteiger partial charge in [0.2, 0.25) is 0 Å². The fourth-order valence-electron chi connectivity index (χ4n) is 2.59. The molecule has 25 heavy (non-hydrogen) atoms. The van der Waals surface area contributed by atoms with Crippen LogP contribution < -0.4 is 5.73 Å². The van der Waals surface area contributed by atoms with Crippen LogP contribution in [0.5, 0.6) is 0 Å². The Morgan fingerprint density at radius 1 is 1.20 bits per heavy atom. The molecule has 2 rings (SSSR count). The molecule has 0 aromatic heterocycles. The van der Waals surface area contributed by atoms with E-state index in [0.29, 0.717) is 38.3 Å². The van der Waals surface area contributed by atoms with Crippen molar-refractivity contribution < 1.29 is 21.8 Å². The molecule has 9 heteroatoms. The Balaban J connectivity index is 1.97. The normalized spacial score (nSPS) is 16.7. The second kappa shape index (κ2) is 7.17. The Kier molecular flexibility index (Phi) is 5.58. The number of carbonyl (C=O) groups is 1. The van der Waals surface area contributed by atoms with Gasteiger partial charge in [-0.15, -0.1) is 3.89 Å². The average molecular weight is 373 g/mol. The summed E-state index contributed by atoms with van der Waals surface area (Å²) in [6.07, 6.45) is -0.345. The third-order valence-electron chi connectivity index (χ3n) is 3.70. The number of rotatable bonds is 3. The molecule has 1 amide bonds. The van der Waals surface area contributed by atoms with Gasteiger partial charge in [-0.3, -0.25) is 4.90 Å². The van der Waals surface area contributed by atoms with Gasteiger partial charge in [0.1, 0.15) is 10.5 Å². The van der Waals surface area contributed by atoms with Crippen LogP contribution in [0.25, 0.3) is 0 Å². The number of carbonyl (C=O) groups excluding carboxylic acids is 1. The molecule has 140 valence electrons. The van der Waals surface area contributed by atoms with E-state index in [9.17, 15) is 17.1 Å². The zero-order chi connectivity index (χ0) is 18.8. The molecule has 0 unspecified atom stereocenters. The lowest BCUT2D eigenvalue weighted by Gasteiger charge is -2.35. The van der Waals surface area contributed by atoms with Crippen LogP contribution >= 0.6 is 0 Å². The van der Waals surface area contributed by atoms with E-state index >= 15 is 0 Å². The summed E-state index contributed by atoms with van der Waals surface area (Å²) in [6.45, 7) is 8.09. The summed E-state index contributed by atoms with van der Waals surface area (Å²) in [5.74, 6) is 0. The van der Waals surface area contributed by atoms with Gasteiger partial charge < -0.3 is 15.4 Å². The zero-order valence-corrected chi connectivity index (χ0v) is 15.5.